The second kappa shape index (κ2) is 4.77. The molecule has 0 aliphatic carbocycles. The first-order valence-corrected chi connectivity index (χ1v) is 6.80. The molecule has 0 radical (unpaired) electrons. The number of fused-ring (bicyclic) bond motifs is 1. The van der Waals surface area contributed by atoms with Crippen LogP contribution in [0.15, 0.2) is 24.8 Å². The van der Waals surface area contributed by atoms with Gasteiger partial charge in [-0.25, -0.2) is 4.39 Å². The molecule has 106 valence electrons. The molecule has 0 saturated heterocycles. The first kappa shape index (κ1) is 13.4. The van der Waals surface area contributed by atoms with Gasteiger partial charge < -0.3 is 9.97 Å². The van der Waals surface area contributed by atoms with Gasteiger partial charge in [0.05, 0.1) is 0 Å². The zero-order chi connectivity index (χ0) is 15.1. The van der Waals surface area contributed by atoms with Crippen LogP contribution in [0.3, 0.4) is 0 Å². The summed E-state index contributed by atoms with van der Waals surface area (Å²) in [4.78, 5) is 6.53. The first-order valence-electron chi connectivity index (χ1n) is 6.80. The summed E-state index contributed by atoms with van der Waals surface area (Å²) in [5, 5.41) is 2.53. The molecular weight excluding hydrogens is 263 g/mol. The van der Waals surface area contributed by atoms with Crippen molar-refractivity contribution in [2.45, 2.75) is 13.8 Å². The van der Waals surface area contributed by atoms with Gasteiger partial charge in [-0.3, -0.25) is 0 Å². The van der Waals surface area contributed by atoms with Gasteiger partial charge in [0.15, 0.2) is 0 Å². The third kappa shape index (κ3) is 2.11. The van der Waals surface area contributed by atoms with Crippen molar-refractivity contribution in [3.63, 3.8) is 0 Å². The van der Waals surface area contributed by atoms with Gasteiger partial charge in [0.2, 0.25) is 0 Å². The number of H-pyrrole nitrogens is 2. The number of halogens is 1. The molecule has 3 heteroatoms. The highest BCUT2D eigenvalue weighted by Gasteiger charge is 2.08. The Hall–Kier alpha value is -2.55. The molecule has 2 heterocycles. The maximum atomic E-state index is 13.5. The van der Waals surface area contributed by atoms with Crippen LogP contribution in [0, 0.1) is 19.7 Å². The van der Waals surface area contributed by atoms with E-state index in [2.05, 4.69) is 23.1 Å². The summed E-state index contributed by atoms with van der Waals surface area (Å²) in [6.07, 6.45) is 3.86. The number of benzene rings is 1. The second-order valence-corrected chi connectivity index (χ2v) is 5.26. The van der Waals surface area contributed by atoms with Crippen LogP contribution in [0.4, 0.5) is 4.39 Å². The van der Waals surface area contributed by atoms with Crippen molar-refractivity contribution in [1.29, 1.82) is 0 Å². The molecule has 0 fully saturated rings. The third-order valence-electron chi connectivity index (χ3n) is 3.91. The Balaban J connectivity index is 2.34. The normalized spacial score (nSPS) is 12.2. The zero-order valence-corrected chi connectivity index (χ0v) is 12.2. The summed E-state index contributed by atoms with van der Waals surface area (Å²) in [5.41, 5.74) is 5.20. The number of aryl methyl sites for hydroxylation is 1. The van der Waals surface area contributed by atoms with Crippen molar-refractivity contribution in [3.8, 4) is 0 Å². The lowest BCUT2D eigenvalue weighted by molar-refractivity contribution is 0.629. The van der Waals surface area contributed by atoms with Gasteiger partial charge in [0.25, 0.3) is 0 Å². The van der Waals surface area contributed by atoms with Gasteiger partial charge in [-0.15, -0.1) is 0 Å². The molecule has 21 heavy (non-hydrogen) atoms. The molecule has 0 aliphatic heterocycles. The van der Waals surface area contributed by atoms with Crippen molar-refractivity contribution in [2.75, 3.05) is 0 Å². The molecule has 3 rings (SSSR count). The highest BCUT2D eigenvalue weighted by atomic mass is 19.1. The zero-order valence-electron chi connectivity index (χ0n) is 12.2. The second-order valence-electron chi connectivity index (χ2n) is 5.26. The van der Waals surface area contributed by atoms with Gasteiger partial charge >= 0.3 is 0 Å². The molecule has 2 aromatic heterocycles. The Labute approximate surface area is 122 Å². The Morgan fingerprint density at radius 2 is 1.95 bits per heavy atom. The number of nitrogens with one attached hydrogen (secondary N) is 2. The molecule has 2 N–H and O–H groups in total. The fraction of sp³-hybridized carbons (Fsp3) is 0.111. The fourth-order valence-corrected chi connectivity index (χ4v) is 2.79. The van der Waals surface area contributed by atoms with E-state index in [0.717, 1.165) is 44.0 Å². The van der Waals surface area contributed by atoms with E-state index in [-0.39, 0.29) is 5.82 Å². The maximum absolute atomic E-state index is 13.5. The van der Waals surface area contributed by atoms with Crippen LogP contribution in [-0.4, -0.2) is 9.97 Å². The fourth-order valence-electron chi connectivity index (χ4n) is 2.79. The maximum Gasteiger partial charge on any atom is 0.123 e. The van der Waals surface area contributed by atoms with Gasteiger partial charge in [-0.2, -0.15) is 0 Å². The average molecular weight is 280 g/mol. The molecule has 0 aliphatic rings. The largest absolute Gasteiger partial charge is 0.358 e. The predicted molar refractivity (Wildman–Crippen MR) is 87.0 cm³/mol. The van der Waals surface area contributed by atoms with Gasteiger partial charge in [-0.1, -0.05) is 19.2 Å². The topological polar surface area (TPSA) is 31.6 Å². The van der Waals surface area contributed by atoms with Crippen LogP contribution in [-0.2, 0) is 0 Å². The number of aromatic amines is 2. The monoisotopic (exact) mass is 280 g/mol. The average Bonchev–Trinajstić information content (AvgIpc) is 2.88. The van der Waals surface area contributed by atoms with Crippen LogP contribution in [0.2, 0.25) is 0 Å². The minimum absolute atomic E-state index is 0.248. The summed E-state index contributed by atoms with van der Waals surface area (Å²) in [7, 11) is 0. The standard InChI is InChI=1S/C18H17FN2/c1-5-14-10(2)18(21-11(14)3)9-15-12(4)20-17-7-6-13(19)8-16(15)17/h5-9,20-21H,1,4H2,2-3H3/b15-9+. The molecule has 2 nitrogen and oxygen atoms in total. The molecule has 3 aromatic rings. The number of hydrogen-bond donors (Lipinski definition) is 2. The van der Waals surface area contributed by atoms with Crippen molar-refractivity contribution in [3.05, 3.63) is 63.7 Å². The summed E-state index contributed by atoms with van der Waals surface area (Å²) in [6.45, 7) is 11.9. The molecule has 0 saturated carbocycles. The Morgan fingerprint density at radius 1 is 1.19 bits per heavy atom. The van der Waals surface area contributed by atoms with Crippen molar-refractivity contribution in [1.82, 2.24) is 9.97 Å². The van der Waals surface area contributed by atoms with E-state index in [1.54, 1.807) is 6.07 Å². The Morgan fingerprint density at radius 3 is 2.62 bits per heavy atom. The minimum Gasteiger partial charge on any atom is -0.358 e. The van der Waals surface area contributed by atoms with Crippen LogP contribution in [0.5, 0.6) is 0 Å². The summed E-state index contributed by atoms with van der Waals surface area (Å²) >= 11 is 0. The number of hydrogen-bond acceptors (Lipinski definition) is 0. The van der Waals surface area contributed by atoms with Crippen molar-refractivity contribution in [2.24, 2.45) is 0 Å². The highest BCUT2D eigenvalue weighted by Crippen LogP contribution is 2.19. The smallest absolute Gasteiger partial charge is 0.123 e. The van der Waals surface area contributed by atoms with Crippen LogP contribution < -0.4 is 10.6 Å². The Bertz CT molecular complexity index is 957. The van der Waals surface area contributed by atoms with Crippen LogP contribution >= 0.6 is 0 Å². The molecule has 0 bridgehead atoms. The molecule has 1 aromatic carbocycles. The summed E-state index contributed by atoms with van der Waals surface area (Å²) in [5.74, 6) is -0.248. The number of aromatic nitrogens is 2. The van der Waals surface area contributed by atoms with Crippen molar-refractivity contribution >= 4 is 29.6 Å². The van der Waals surface area contributed by atoms with E-state index in [0.29, 0.717) is 0 Å². The quantitative estimate of drug-likeness (QED) is 0.723. The first-order chi connectivity index (χ1) is 10.0. The van der Waals surface area contributed by atoms with E-state index in [1.807, 2.05) is 26.0 Å². The molecule has 0 unspecified atom stereocenters. The third-order valence-corrected chi connectivity index (χ3v) is 3.91. The van der Waals surface area contributed by atoms with E-state index < -0.39 is 0 Å². The van der Waals surface area contributed by atoms with E-state index in [4.69, 9.17) is 0 Å². The van der Waals surface area contributed by atoms with Crippen LogP contribution in [0.1, 0.15) is 22.5 Å². The van der Waals surface area contributed by atoms with Crippen molar-refractivity contribution < 1.29 is 4.39 Å². The van der Waals surface area contributed by atoms with E-state index in [9.17, 15) is 4.39 Å². The summed E-state index contributed by atoms with van der Waals surface area (Å²) < 4.78 is 13.5. The van der Waals surface area contributed by atoms with E-state index >= 15 is 0 Å². The summed E-state index contributed by atoms with van der Waals surface area (Å²) in [6, 6.07) is 4.71. The lowest BCUT2D eigenvalue weighted by Gasteiger charge is -1.93. The number of rotatable bonds is 2. The Kier molecular flexibility index (Phi) is 3.05. The SMILES string of the molecule is C=Cc1c(C)[nH]c(/C=c2\c(=C)[nH]c3ccc(F)cc23)c1C. The van der Waals surface area contributed by atoms with Crippen LogP contribution in [0.25, 0.3) is 29.6 Å². The minimum atomic E-state index is -0.248. The van der Waals surface area contributed by atoms with Gasteiger partial charge in [0, 0.05) is 32.9 Å². The molecular formula is C18H17FN2. The van der Waals surface area contributed by atoms with E-state index in [1.165, 1.54) is 12.1 Å². The lowest BCUT2D eigenvalue weighted by atomic mass is 10.1. The lowest BCUT2D eigenvalue weighted by Crippen LogP contribution is -2.21. The molecule has 0 spiro atoms. The van der Waals surface area contributed by atoms with Gasteiger partial charge in [-0.05, 0) is 49.2 Å². The molecule has 0 amide bonds. The van der Waals surface area contributed by atoms with Gasteiger partial charge in [0.1, 0.15) is 5.82 Å². The molecule has 0 atom stereocenters. The predicted octanol–water partition coefficient (Wildman–Crippen LogP) is 3.13. The highest BCUT2D eigenvalue weighted by molar-refractivity contribution is 5.82.